The summed E-state index contributed by atoms with van der Waals surface area (Å²) in [4.78, 5) is 0. The molecule has 0 radical (unpaired) electrons. The molecule has 0 saturated carbocycles. The van der Waals surface area contributed by atoms with Gasteiger partial charge in [-0.2, -0.15) is 0 Å². The lowest BCUT2D eigenvalue weighted by atomic mass is 9.87. The quantitative estimate of drug-likeness (QED) is 0.749. The van der Waals surface area contributed by atoms with Crippen LogP contribution >= 0.6 is 0 Å². The summed E-state index contributed by atoms with van der Waals surface area (Å²) < 4.78 is 0. The highest BCUT2D eigenvalue weighted by Crippen LogP contribution is 2.24. The number of nitrogens with one attached hydrogen (secondary N) is 1. The normalized spacial score (nSPS) is 11.9. The maximum absolute atomic E-state index is 3.42. The lowest BCUT2D eigenvalue weighted by Crippen LogP contribution is -2.13. The van der Waals surface area contributed by atoms with E-state index in [1.165, 1.54) is 11.3 Å². The van der Waals surface area contributed by atoms with Crippen molar-refractivity contribution in [3.63, 3.8) is 0 Å². The number of hydrogen-bond acceptors (Lipinski definition) is 1. The molecule has 0 amide bonds. The molecule has 1 heteroatoms. The van der Waals surface area contributed by atoms with Crippen molar-refractivity contribution in [2.75, 3.05) is 5.32 Å². The summed E-state index contributed by atoms with van der Waals surface area (Å²) in [6, 6.07) is 9.15. The van der Waals surface area contributed by atoms with Crippen molar-refractivity contribution < 1.29 is 0 Å². The molecule has 0 spiro atoms. The summed E-state index contributed by atoms with van der Waals surface area (Å²) in [6.45, 7) is 11.0. The minimum Gasteiger partial charge on any atom is -0.383 e. The number of rotatable bonds is 2. The van der Waals surface area contributed by atoms with Gasteiger partial charge in [-0.1, -0.05) is 32.9 Å². The molecule has 0 aliphatic rings. The van der Waals surface area contributed by atoms with Crippen molar-refractivity contribution in [3.8, 4) is 0 Å². The summed E-state index contributed by atoms with van der Waals surface area (Å²) in [5, 5.41) is 3.42. The molecule has 0 fully saturated rings. The van der Waals surface area contributed by atoms with E-state index < -0.39 is 0 Å². The topological polar surface area (TPSA) is 12.0 Å². The fraction of sp³-hybridized carbons (Fsp3) is 0.538. The van der Waals surface area contributed by atoms with E-state index in [-0.39, 0.29) is 5.41 Å². The van der Waals surface area contributed by atoms with E-state index in [0.29, 0.717) is 6.04 Å². The molecule has 0 aliphatic carbocycles. The van der Waals surface area contributed by atoms with Crippen LogP contribution in [0.2, 0.25) is 0 Å². The SMILES string of the molecule is CC(C)Nc1cccc(C(C)(C)C)c1. The molecule has 78 valence electrons. The van der Waals surface area contributed by atoms with Gasteiger partial charge in [-0.25, -0.2) is 0 Å². The van der Waals surface area contributed by atoms with Gasteiger partial charge in [0.05, 0.1) is 0 Å². The minimum absolute atomic E-state index is 0.231. The monoisotopic (exact) mass is 191 g/mol. The van der Waals surface area contributed by atoms with Crippen LogP contribution in [0, 0.1) is 0 Å². The van der Waals surface area contributed by atoms with E-state index in [0.717, 1.165) is 0 Å². The van der Waals surface area contributed by atoms with Crippen LogP contribution in [0.25, 0.3) is 0 Å². The molecule has 0 unspecified atom stereocenters. The van der Waals surface area contributed by atoms with E-state index in [9.17, 15) is 0 Å². The Morgan fingerprint density at radius 1 is 1.14 bits per heavy atom. The standard InChI is InChI=1S/C13H21N/c1-10(2)14-12-8-6-7-11(9-12)13(3,4)5/h6-10,14H,1-5H3. The average molecular weight is 191 g/mol. The highest BCUT2D eigenvalue weighted by molar-refractivity contribution is 5.47. The van der Waals surface area contributed by atoms with Crippen molar-refractivity contribution in [1.82, 2.24) is 0 Å². The summed E-state index contributed by atoms with van der Waals surface area (Å²) in [7, 11) is 0. The third-order valence-corrected chi connectivity index (χ3v) is 2.18. The van der Waals surface area contributed by atoms with E-state index in [1.54, 1.807) is 0 Å². The number of hydrogen-bond donors (Lipinski definition) is 1. The molecule has 1 aromatic rings. The van der Waals surface area contributed by atoms with Gasteiger partial charge in [0.2, 0.25) is 0 Å². The van der Waals surface area contributed by atoms with Gasteiger partial charge in [0.25, 0.3) is 0 Å². The van der Waals surface area contributed by atoms with Crippen molar-refractivity contribution in [1.29, 1.82) is 0 Å². The second-order valence-electron chi connectivity index (χ2n) is 5.13. The van der Waals surface area contributed by atoms with Gasteiger partial charge < -0.3 is 5.32 Å². The predicted molar refractivity (Wildman–Crippen MR) is 63.9 cm³/mol. The molecular formula is C13H21N. The largest absolute Gasteiger partial charge is 0.383 e. The Hall–Kier alpha value is -0.980. The highest BCUT2D eigenvalue weighted by atomic mass is 14.9. The van der Waals surface area contributed by atoms with Crippen LogP contribution in [0.3, 0.4) is 0 Å². The Bertz CT molecular complexity index is 294. The molecule has 1 aromatic carbocycles. The first-order chi connectivity index (χ1) is 6.39. The lowest BCUT2D eigenvalue weighted by molar-refractivity contribution is 0.590. The summed E-state index contributed by atoms with van der Waals surface area (Å²) >= 11 is 0. The molecule has 0 aliphatic heterocycles. The zero-order chi connectivity index (χ0) is 10.8. The van der Waals surface area contributed by atoms with Crippen molar-refractivity contribution in [3.05, 3.63) is 29.8 Å². The fourth-order valence-corrected chi connectivity index (χ4v) is 1.41. The van der Waals surface area contributed by atoms with Crippen molar-refractivity contribution >= 4 is 5.69 Å². The highest BCUT2D eigenvalue weighted by Gasteiger charge is 2.13. The van der Waals surface area contributed by atoms with Crippen LogP contribution < -0.4 is 5.32 Å². The summed E-state index contributed by atoms with van der Waals surface area (Å²) in [6.07, 6.45) is 0. The van der Waals surface area contributed by atoms with Crippen molar-refractivity contribution in [2.24, 2.45) is 0 Å². The van der Waals surface area contributed by atoms with Crippen LogP contribution in [0.1, 0.15) is 40.2 Å². The molecule has 0 aromatic heterocycles. The maximum Gasteiger partial charge on any atom is 0.0345 e. The molecule has 0 saturated heterocycles. The Kier molecular flexibility index (Phi) is 3.20. The average Bonchev–Trinajstić information content (AvgIpc) is 2.01. The van der Waals surface area contributed by atoms with Crippen LogP contribution in [-0.2, 0) is 5.41 Å². The fourth-order valence-electron chi connectivity index (χ4n) is 1.41. The second-order valence-corrected chi connectivity index (χ2v) is 5.13. The molecule has 0 bridgehead atoms. The first-order valence-corrected chi connectivity index (χ1v) is 5.26. The molecule has 1 rings (SSSR count). The van der Waals surface area contributed by atoms with Gasteiger partial charge in [0.1, 0.15) is 0 Å². The third kappa shape index (κ3) is 3.06. The van der Waals surface area contributed by atoms with Crippen LogP contribution in [0.15, 0.2) is 24.3 Å². The Morgan fingerprint density at radius 3 is 2.29 bits per heavy atom. The number of benzene rings is 1. The van der Waals surface area contributed by atoms with Gasteiger partial charge in [0, 0.05) is 11.7 Å². The predicted octanol–water partition coefficient (Wildman–Crippen LogP) is 3.80. The van der Waals surface area contributed by atoms with E-state index >= 15 is 0 Å². The second kappa shape index (κ2) is 4.04. The lowest BCUT2D eigenvalue weighted by Gasteiger charge is -2.20. The summed E-state index contributed by atoms with van der Waals surface area (Å²) in [5.41, 5.74) is 2.82. The first-order valence-electron chi connectivity index (χ1n) is 5.26. The Labute approximate surface area is 87.5 Å². The van der Waals surface area contributed by atoms with Crippen LogP contribution in [0.4, 0.5) is 5.69 Å². The smallest absolute Gasteiger partial charge is 0.0345 e. The Morgan fingerprint density at radius 2 is 1.79 bits per heavy atom. The third-order valence-electron chi connectivity index (χ3n) is 2.18. The van der Waals surface area contributed by atoms with Gasteiger partial charge in [-0.3, -0.25) is 0 Å². The van der Waals surface area contributed by atoms with E-state index in [1.807, 2.05) is 0 Å². The van der Waals surface area contributed by atoms with Crippen LogP contribution in [-0.4, -0.2) is 6.04 Å². The Balaban J connectivity index is 2.90. The summed E-state index contributed by atoms with van der Waals surface area (Å²) in [5.74, 6) is 0. The van der Waals surface area contributed by atoms with Gasteiger partial charge in [-0.15, -0.1) is 0 Å². The first kappa shape index (κ1) is 11.1. The van der Waals surface area contributed by atoms with E-state index in [4.69, 9.17) is 0 Å². The maximum atomic E-state index is 3.42. The molecule has 0 atom stereocenters. The van der Waals surface area contributed by atoms with Gasteiger partial charge >= 0.3 is 0 Å². The number of anilines is 1. The molecule has 14 heavy (non-hydrogen) atoms. The minimum atomic E-state index is 0.231. The molecular weight excluding hydrogens is 170 g/mol. The zero-order valence-corrected chi connectivity index (χ0v) is 9.89. The van der Waals surface area contributed by atoms with Gasteiger partial charge in [0.15, 0.2) is 0 Å². The van der Waals surface area contributed by atoms with Crippen LogP contribution in [0.5, 0.6) is 0 Å². The zero-order valence-electron chi connectivity index (χ0n) is 9.89. The molecule has 1 nitrogen and oxygen atoms in total. The van der Waals surface area contributed by atoms with Gasteiger partial charge in [-0.05, 0) is 37.0 Å². The molecule has 0 heterocycles. The van der Waals surface area contributed by atoms with Crippen molar-refractivity contribution in [2.45, 2.75) is 46.1 Å². The van der Waals surface area contributed by atoms with E-state index in [2.05, 4.69) is 64.2 Å². The molecule has 1 N–H and O–H groups in total.